The molecule has 0 radical (unpaired) electrons. The Morgan fingerprint density at radius 2 is 2.19 bits per heavy atom. The largest absolute Gasteiger partial charge is 0.380 e. The smallest absolute Gasteiger partial charge is 0.0743 e. The predicted molar refractivity (Wildman–Crippen MR) is 63.0 cm³/mol. The minimum absolute atomic E-state index is 0.145. The van der Waals surface area contributed by atoms with Crippen LogP contribution in [0.25, 0.3) is 0 Å². The highest BCUT2D eigenvalue weighted by Crippen LogP contribution is 2.20. The Hall–Kier alpha value is -0.940. The molecule has 1 aromatic rings. The summed E-state index contributed by atoms with van der Waals surface area (Å²) in [4.78, 5) is 0. The van der Waals surface area contributed by atoms with Crippen LogP contribution in [0.2, 0.25) is 0 Å². The lowest BCUT2D eigenvalue weighted by Gasteiger charge is -2.29. The molecular weight excluding hydrogens is 204 g/mol. The SMILES string of the molecule is COC(CNCc1cnnn1C)C(C)(C)C. The van der Waals surface area contributed by atoms with Crippen molar-refractivity contribution < 1.29 is 4.74 Å². The molecule has 0 fully saturated rings. The highest BCUT2D eigenvalue weighted by Gasteiger charge is 2.23. The van der Waals surface area contributed by atoms with Gasteiger partial charge in [-0.05, 0) is 5.41 Å². The number of aryl methyl sites for hydroxylation is 1. The van der Waals surface area contributed by atoms with Gasteiger partial charge in [-0.1, -0.05) is 26.0 Å². The number of methoxy groups -OCH3 is 1. The van der Waals surface area contributed by atoms with Gasteiger partial charge in [0.2, 0.25) is 0 Å². The van der Waals surface area contributed by atoms with E-state index in [0.717, 1.165) is 18.8 Å². The van der Waals surface area contributed by atoms with Crippen molar-refractivity contribution >= 4 is 0 Å². The van der Waals surface area contributed by atoms with Crippen molar-refractivity contribution in [2.45, 2.75) is 33.4 Å². The van der Waals surface area contributed by atoms with Crippen molar-refractivity contribution in [2.24, 2.45) is 12.5 Å². The number of hydrogen-bond acceptors (Lipinski definition) is 4. The molecule has 0 aliphatic carbocycles. The van der Waals surface area contributed by atoms with E-state index in [-0.39, 0.29) is 11.5 Å². The molecule has 1 heterocycles. The number of aromatic nitrogens is 3. The van der Waals surface area contributed by atoms with Crippen molar-refractivity contribution in [3.8, 4) is 0 Å². The molecule has 5 nitrogen and oxygen atoms in total. The summed E-state index contributed by atoms with van der Waals surface area (Å²) in [6.07, 6.45) is 1.97. The van der Waals surface area contributed by atoms with Gasteiger partial charge >= 0.3 is 0 Å². The first-order chi connectivity index (χ1) is 7.45. The van der Waals surface area contributed by atoms with E-state index in [0.29, 0.717) is 0 Å². The van der Waals surface area contributed by atoms with Crippen molar-refractivity contribution in [1.82, 2.24) is 20.3 Å². The summed E-state index contributed by atoms with van der Waals surface area (Å²) in [7, 11) is 3.64. The Kier molecular flexibility index (Phi) is 4.44. The summed E-state index contributed by atoms with van der Waals surface area (Å²) >= 11 is 0. The summed E-state index contributed by atoms with van der Waals surface area (Å²) < 4.78 is 7.23. The molecule has 0 aliphatic heterocycles. The Balaban J connectivity index is 2.37. The van der Waals surface area contributed by atoms with Gasteiger partial charge in [-0.25, -0.2) is 0 Å². The van der Waals surface area contributed by atoms with E-state index in [1.165, 1.54) is 0 Å². The molecule has 1 rings (SSSR count). The van der Waals surface area contributed by atoms with Crippen LogP contribution in [0.4, 0.5) is 0 Å². The summed E-state index contributed by atoms with van der Waals surface area (Å²) in [5, 5.41) is 11.1. The molecular formula is C11H22N4O. The Morgan fingerprint density at radius 1 is 1.50 bits per heavy atom. The van der Waals surface area contributed by atoms with Gasteiger partial charge in [-0.15, -0.1) is 5.10 Å². The number of nitrogens with one attached hydrogen (secondary N) is 1. The molecule has 16 heavy (non-hydrogen) atoms. The van der Waals surface area contributed by atoms with Crippen molar-refractivity contribution in [3.05, 3.63) is 11.9 Å². The molecule has 0 aromatic carbocycles. The maximum Gasteiger partial charge on any atom is 0.0743 e. The molecule has 0 bridgehead atoms. The van der Waals surface area contributed by atoms with Gasteiger partial charge in [0.25, 0.3) is 0 Å². The maximum atomic E-state index is 5.46. The van der Waals surface area contributed by atoms with E-state index in [4.69, 9.17) is 4.74 Å². The molecule has 92 valence electrons. The van der Waals surface area contributed by atoms with E-state index < -0.39 is 0 Å². The van der Waals surface area contributed by atoms with Crippen LogP contribution in [-0.2, 0) is 18.3 Å². The standard InChI is InChI=1S/C11H22N4O/c1-11(2,3)10(16-5)8-12-6-9-7-13-14-15(9)4/h7,10,12H,6,8H2,1-5H3. The number of rotatable bonds is 5. The third-order valence-electron chi connectivity index (χ3n) is 2.69. The third kappa shape index (κ3) is 3.57. The lowest BCUT2D eigenvalue weighted by molar-refractivity contribution is 0.0172. The average Bonchev–Trinajstić information content (AvgIpc) is 2.57. The zero-order valence-electron chi connectivity index (χ0n) is 10.8. The minimum Gasteiger partial charge on any atom is -0.380 e. The van der Waals surface area contributed by atoms with E-state index in [1.807, 2.05) is 7.05 Å². The summed E-state index contributed by atoms with van der Waals surface area (Å²) in [5.74, 6) is 0. The molecule has 0 saturated carbocycles. The second-order valence-corrected chi connectivity index (χ2v) is 5.07. The van der Waals surface area contributed by atoms with Gasteiger partial charge in [0, 0.05) is 27.2 Å². The van der Waals surface area contributed by atoms with Gasteiger partial charge < -0.3 is 10.1 Å². The van der Waals surface area contributed by atoms with Gasteiger partial charge in [0.1, 0.15) is 0 Å². The molecule has 1 N–H and O–H groups in total. The molecule has 1 unspecified atom stereocenters. The molecule has 0 saturated heterocycles. The number of ether oxygens (including phenoxy) is 1. The number of hydrogen-bond donors (Lipinski definition) is 1. The first-order valence-electron chi connectivity index (χ1n) is 5.52. The Morgan fingerprint density at radius 3 is 2.62 bits per heavy atom. The highest BCUT2D eigenvalue weighted by molar-refractivity contribution is 4.92. The average molecular weight is 226 g/mol. The van der Waals surface area contributed by atoms with Crippen molar-refractivity contribution in [1.29, 1.82) is 0 Å². The van der Waals surface area contributed by atoms with Crippen LogP contribution in [0.1, 0.15) is 26.5 Å². The van der Waals surface area contributed by atoms with E-state index in [2.05, 4.69) is 36.4 Å². The molecule has 0 aliphatic rings. The maximum absolute atomic E-state index is 5.46. The fraction of sp³-hybridized carbons (Fsp3) is 0.818. The zero-order valence-corrected chi connectivity index (χ0v) is 10.8. The van der Waals surface area contributed by atoms with Crippen molar-refractivity contribution in [2.75, 3.05) is 13.7 Å². The molecule has 0 amide bonds. The molecule has 5 heteroatoms. The second-order valence-electron chi connectivity index (χ2n) is 5.07. The summed E-state index contributed by atoms with van der Waals surface area (Å²) in [6.45, 7) is 8.11. The predicted octanol–water partition coefficient (Wildman–Crippen LogP) is 0.966. The lowest BCUT2D eigenvalue weighted by atomic mass is 9.89. The monoisotopic (exact) mass is 226 g/mol. The van der Waals surface area contributed by atoms with E-state index in [9.17, 15) is 0 Å². The van der Waals surface area contributed by atoms with E-state index >= 15 is 0 Å². The van der Waals surface area contributed by atoms with Gasteiger partial charge in [-0.3, -0.25) is 4.68 Å². The number of nitrogens with zero attached hydrogens (tertiary/aromatic N) is 3. The fourth-order valence-corrected chi connectivity index (χ4v) is 1.55. The van der Waals surface area contributed by atoms with Crippen LogP contribution >= 0.6 is 0 Å². The van der Waals surface area contributed by atoms with Crippen molar-refractivity contribution in [3.63, 3.8) is 0 Å². The normalized spacial score (nSPS) is 14.1. The highest BCUT2D eigenvalue weighted by atomic mass is 16.5. The van der Waals surface area contributed by atoms with E-state index in [1.54, 1.807) is 18.0 Å². The Labute approximate surface area is 97.2 Å². The van der Waals surface area contributed by atoms with Crippen LogP contribution in [0.3, 0.4) is 0 Å². The van der Waals surface area contributed by atoms with Crippen LogP contribution in [0.15, 0.2) is 6.20 Å². The summed E-state index contributed by atoms with van der Waals surface area (Å²) in [5.41, 5.74) is 1.22. The molecule has 1 aromatic heterocycles. The first-order valence-corrected chi connectivity index (χ1v) is 5.52. The van der Waals surface area contributed by atoms with Crippen LogP contribution < -0.4 is 5.32 Å². The topological polar surface area (TPSA) is 52.0 Å². The van der Waals surface area contributed by atoms with Gasteiger partial charge in [-0.2, -0.15) is 0 Å². The molecule has 1 atom stereocenters. The van der Waals surface area contributed by atoms with Gasteiger partial charge in [0.05, 0.1) is 18.0 Å². The van der Waals surface area contributed by atoms with Gasteiger partial charge in [0.15, 0.2) is 0 Å². The first kappa shape index (κ1) is 13.1. The van der Waals surface area contributed by atoms with Crippen LogP contribution in [0, 0.1) is 5.41 Å². The quantitative estimate of drug-likeness (QED) is 0.812. The third-order valence-corrected chi connectivity index (χ3v) is 2.69. The Bertz CT molecular complexity index is 316. The van der Waals surface area contributed by atoms with Crippen LogP contribution in [-0.4, -0.2) is 34.8 Å². The second kappa shape index (κ2) is 5.41. The van der Waals surface area contributed by atoms with Crippen LogP contribution in [0.5, 0.6) is 0 Å². The fourth-order valence-electron chi connectivity index (χ4n) is 1.55. The minimum atomic E-state index is 0.145. The lowest BCUT2D eigenvalue weighted by Crippen LogP contribution is -2.38. The summed E-state index contributed by atoms with van der Waals surface area (Å²) in [6, 6.07) is 0. The molecule has 0 spiro atoms. The zero-order chi connectivity index (χ0) is 12.2.